The number of hydrogen-bond donors (Lipinski definition) is 1. The molecule has 1 aromatic rings. The van der Waals surface area contributed by atoms with Crippen LogP contribution in [-0.4, -0.2) is 13.6 Å². The van der Waals surface area contributed by atoms with E-state index in [1.54, 1.807) is 12.1 Å². The summed E-state index contributed by atoms with van der Waals surface area (Å²) in [4.78, 5) is 1.92. The van der Waals surface area contributed by atoms with Crippen molar-refractivity contribution in [1.82, 2.24) is 0 Å². The lowest BCUT2D eigenvalue weighted by molar-refractivity contribution is 0.152. The second-order valence-electron chi connectivity index (χ2n) is 4.80. The second kappa shape index (κ2) is 4.90. The number of anilines is 2. The first kappa shape index (κ1) is 12.1. The predicted octanol–water partition coefficient (Wildman–Crippen LogP) is 3.44. The van der Waals surface area contributed by atoms with Crippen LogP contribution in [0.1, 0.15) is 31.3 Å². The molecule has 1 aromatic carbocycles. The maximum atomic E-state index is 12.9. The van der Waals surface area contributed by atoms with E-state index in [1.807, 2.05) is 11.9 Å². The molecule has 0 bridgehead atoms. The Labute approximate surface area is 100 Å². The van der Waals surface area contributed by atoms with Gasteiger partial charge in [-0.25, -0.2) is 8.78 Å². The molecule has 94 valence electrons. The van der Waals surface area contributed by atoms with Gasteiger partial charge in [0, 0.05) is 30.5 Å². The Morgan fingerprint density at radius 3 is 2.65 bits per heavy atom. The minimum absolute atomic E-state index is 0.0341. The molecule has 0 aromatic heterocycles. The van der Waals surface area contributed by atoms with Crippen LogP contribution in [-0.2, 0) is 0 Å². The van der Waals surface area contributed by atoms with Crippen molar-refractivity contribution in [2.24, 2.45) is 5.92 Å². The van der Waals surface area contributed by atoms with Gasteiger partial charge >= 0.3 is 0 Å². The highest BCUT2D eigenvalue weighted by Gasteiger charge is 2.22. The van der Waals surface area contributed by atoms with Crippen LogP contribution in [0.2, 0.25) is 0 Å². The van der Waals surface area contributed by atoms with E-state index in [1.165, 1.54) is 25.3 Å². The molecule has 1 saturated carbocycles. The zero-order chi connectivity index (χ0) is 12.4. The summed E-state index contributed by atoms with van der Waals surface area (Å²) < 4.78 is 25.8. The van der Waals surface area contributed by atoms with Gasteiger partial charge in [-0.05, 0) is 37.0 Å². The third-order valence-corrected chi connectivity index (χ3v) is 3.45. The number of rotatable bonds is 4. The minimum Gasteiger partial charge on any atom is -0.399 e. The Balaban J connectivity index is 2.17. The third kappa shape index (κ3) is 2.68. The summed E-state index contributed by atoms with van der Waals surface area (Å²) in [6.07, 6.45) is 1.21. The summed E-state index contributed by atoms with van der Waals surface area (Å²) in [6.45, 7) is 0.851. The smallest absolute Gasteiger partial charge is 0.265 e. The Morgan fingerprint density at radius 2 is 2.12 bits per heavy atom. The van der Waals surface area contributed by atoms with Gasteiger partial charge in [-0.1, -0.05) is 6.42 Å². The van der Waals surface area contributed by atoms with Crippen LogP contribution in [0.3, 0.4) is 0 Å². The van der Waals surface area contributed by atoms with Gasteiger partial charge in [0.25, 0.3) is 6.43 Å². The lowest BCUT2D eigenvalue weighted by atomic mass is 9.85. The van der Waals surface area contributed by atoms with Gasteiger partial charge in [0.1, 0.15) is 0 Å². The molecule has 1 fully saturated rings. The summed E-state index contributed by atoms with van der Waals surface area (Å²) in [5, 5.41) is 0. The van der Waals surface area contributed by atoms with E-state index in [2.05, 4.69) is 0 Å². The number of nitrogens with zero attached hydrogens (tertiary/aromatic N) is 1. The zero-order valence-electron chi connectivity index (χ0n) is 10.00. The van der Waals surface area contributed by atoms with Crippen LogP contribution in [0.15, 0.2) is 18.2 Å². The third-order valence-electron chi connectivity index (χ3n) is 3.45. The van der Waals surface area contributed by atoms with Crippen LogP contribution >= 0.6 is 0 Å². The molecule has 1 aliphatic carbocycles. The highest BCUT2D eigenvalue weighted by molar-refractivity contribution is 5.59. The fraction of sp³-hybridized carbons (Fsp3) is 0.538. The summed E-state index contributed by atoms with van der Waals surface area (Å²) in [5.74, 6) is 0.656. The van der Waals surface area contributed by atoms with E-state index in [0.29, 0.717) is 17.3 Å². The molecule has 0 aliphatic heterocycles. The van der Waals surface area contributed by atoms with E-state index in [9.17, 15) is 8.78 Å². The first-order chi connectivity index (χ1) is 8.08. The summed E-state index contributed by atoms with van der Waals surface area (Å²) in [7, 11) is 1.87. The average Bonchev–Trinajstić information content (AvgIpc) is 2.23. The summed E-state index contributed by atoms with van der Waals surface area (Å²) in [6, 6.07) is 4.74. The normalized spacial score (nSPS) is 16.0. The largest absolute Gasteiger partial charge is 0.399 e. The van der Waals surface area contributed by atoms with Crippen molar-refractivity contribution >= 4 is 11.4 Å². The van der Waals surface area contributed by atoms with Crippen LogP contribution in [0.5, 0.6) is 0 Å². The molecular formula is C13H18F2N2. The van der Waals surface area contributed by atoms with Crippen LogP contribution < -0.4 is 10.6 Å². The quantitative estimate of drug-likeness (QED) is 0.817. The van der Waals surface area contributed by atoms with E-state index in [-0.39, 0.29) is 5.56 Å². The van der Waals surface area contributed by atoms with Crippen molar-refractivity contribution in [3.63, 3.8) is 0 Å². The van der Waals surface area contributed by atoms with Crippen LogP contribution in [0, 0.1) is 5.92 Å². The Morgan fingerprint density at radius 1 is 1.41 bits per heavy atom. The molecule has 0 heterocycles. The molecule has 4 heteroatoms. The van der Waals surface area contributed by atoms with Gasteiger partial charge in [-0.3, -0.25) is 0 Å². The lowest BCUT2D eigenvalue weighted by Crippen LogP contribution is -2.30. The SMILES string of the molecule is CN(CC1CCC1)c1ccc(N)cc1C(F)F. The molecule has 0 saturated heterocycles. The highest BCUT2D eigenvalue weighted by atomic mass is 19.3. The molecule has 17 heavy (non-hydrogen) atoms. The predicted molar refractivity (Wildman–Crippen MR) is 66.4 cm³/mol. The standard InChI is InChI=1S/C13H18F2N2/c1-17(8-9-3-2-4-9)12-6-5-10(16)7-11(12)13(14)15/h5-7,9,13H,2-4,8,16H2,1H3. The molecule has 0 radical (unpaired) electrons. The second-order valence-corrected chi connectivity index (χ2v) is 4.80. The molecule has 1 aliphatic rings. The first-order valence-electron chi connectivity index (χ1n) is 5.96. The van der Waals surface area contributed by atoms with Crippen molar-refractivity contribution in [1.29, 1.82) is 0 Å². The van der Waals surface area contributed by atoms with Gasteiger partial charge in [0.05, 0.1) is 0 Å². The van der Waals surface area contributed by atoms with E-state index in [0.717, 1.165) is 6.54 Å². The molecule has 0 atom stereocenters. The Hall–Kier alpha value is -1.32. The maximum absolute atomic E-state index is 12.9. The molecule has 0 spiro atoms. The van der Waals surface area contributed by atoms with Gasteiger partial charge in [-0.2, -0.15) is 0 Å². The first-order valence-corrected chi connectivity index (χ1v) is 5.96. The van der Waals surface area contributed by atoms with Gasteiger partial charge in [0.15, 0.2) is 0 Å². The number of halogens is 2. The fourth-order valence-electron chi connectivity index (χ4n) is 2.26. The average molecular weight is 240 g/mol. The Bertz CT molecular complexity index is 389. The van der Waals surface area contributed by atoms with Crippen molar-refractivity contribution in [3.8, 4) is 0 Å². The maximum Gasteiger partial charge on any atom is 0.265 e. The van der Waals surface area contributed by atoms with Crippen LogP contribution in [0.25, 0.3) is 0 Å². The van der Waals surface area contributed by atoms with E-state index >= 15 is 0 Å². The Kier molecular flexibility index (Phi) is 3.50. The minimum atomic E-state index is -2.47. The van der Waals surface area contributed by atoms with Gasteiger partial charge in [-0.15, -0.1) is 0 Å². The molecule has 2 rings (SSSR count). The number of nitrogens with two attached hydrogens (primary N) is 1. The summed E-state index contributed by atoms with van der Waals surface area (Å²) in [5.41, 5.74) is 6.57. The van der Waals surface area contributed by atoms with E-state index < -0.39 is 6.43 Å². The topological polar surface area (TPSA) is 29.3 Å². The van der Waals surface area contributed by atoms with Crippen LogP contribution in [0.4, 0.5) is 20.2 Å². The highest BCUT2D eigenvalue weighted by Crippen LogP contribution is 2.33. The molecule has 0 amide bonds. The van der Waals surface area contributed by atoms with E-state index in [4.69, 9.17) is 5.73 Å². The molecular weight excluding hydrogens is 222 g/mol. The molecule has 0 unspecified atom stereocenters. The lowest BCUT2D eigenvalue weighted by Gasteiger charge is -2.32. The van der Waals surface area contributed by atoms with Gasteiger partial charge < -0.3 is 10.6 Å². The zero-order valence-corrected chi connectivity index (χ0v) is 10.00. The van der Waals surface area contributed by atoms with Crippen molar-refractivity contribution in [2.75, 3.05) is 24.2 Å². The molecule has 2 nitrogen and oxygen atoms in total. The van der Waals surface area contributed by atoms with Gasteiger partial charge in [0.2, 0.25) is 0 Å². The monoisotopic (exact) mass is 240 g/mol. The number of benzene rings is 1. The fourth-order valence-corrected chi connectivity index (χ4v) is 2.26. The number of nitrogen functional groups attached to an aromatic ring is 1. The number of hydrogen-bond acceptors (Lipinski definition) is 2. The van der Waals surface area contributed by atoms with Crippen molar-refractivity contribution < 1.29 is 8.78 Å². The number of alkyl halides is 2. The van der Waals surface area contributed by atoms with Crippen molar-refractivity contribution in [2.45, 2.75) is 25.7 Å². The molecule has 2 N–H and O–H groups in total. The summed E-state index contributed by atoms with van der Waals surface area (Å²) >= 11 is 0. The van der Waals surface area contributed by atoms with Crippen molar-refractivity contribution in [3.05, 3.63) is 23.8 Å².